The highest BCUT2D eigenvalue weighted by atomic mass is 16.5. The van der Waals surface area contributed by atoms with Crippen molar-refractivity contribution in [3.63, 3.8) is 0 Å². The highest BCUT2D eigenvalue weighted by molar-refractivity contribution is 5.87. The molecule has 0 aliphatic carbocycles. The van der Waals surface area contributed by atoms with Crippen molar-refractivity contribution in [1.82, 2.24) is 38.7 Å². The fourth-order valence-corrected chi connectivity index (χ4v) is 4.64. The van der Waals surface area contributed by atoms with E-state index in [1.807, 2.05) is 52.9 Å². The zero-order chi connectivity index (χ0) is 26.7. The lowest BCUT2D eigenvalue weighted by Gasteiger charge is -2.21. The van der Waals surface area contributed by atoms with Crippen LogP contribution in [0.15, 0.2) is 49.3 Å². The predicted octanol–water partition coefficient (Wildman–Crippen LogP) is 4.05. The van der Waals surface area contributed by atoms with E-state index in [-0.39, 0.29) is 5.97 Å². The first-order valence-electron chi connectivity index (χ1n) is 13.6. The van der Waals surface area contributed by atoms with Crippen LogP contribution in [-0.4, -0.2) is 70.9 Å². The lowest BCUT2D eigenvalue weighted by Crippen LogP contribution is -2.26. The highest BCUT2D eigenvalue weighted by Crippen LogP contribution is 2.14. The molecular formula is C28H40N8O2. The summed E-state index contributed by atoms with van der Waals surface area (Å²) in [5.41, 5.74) is 2.15. The maximum absolute atomic E-state index is 12.6. The number of nitrogens with one attached hydrogen (secondary N) is 1. The number of fused-ring (bicyclic) bond motifs is 1. The molecule has 0 unspecified atom stereocenters. The number of rotatable bonds is 16. The number of nitrogens with zero attached hydrogens (tertiary/aromatic N) is 7. The number of carbonyl (C=O) groups is 1. The molecule has 204 valence electrons. The Morgan fingerprint density at radius 1 is 0.974 bits per heavy atom. The van der Waals surface area contributed by atoms with Crippen molar-refractivity contribution in [3.8, 4) is 0 Å². The number of ether oxygens (including phenoxy) is 1. The number of esters is 1. The molecule has 0 aliphatic rings. The minimum absolute atomic E-state index is 0.334. The van der Waals surface area contributed by atoms with E-state index in [1.165, 1.54) is 0 Å². The van der Waals surface area contributed by atoms with Crippen molar-refractivity contribution in [2.24, 2.45) is 7.05 Å². The molecule has 0 aromatic carbocycles. The predicted molar refractivity (Wildman–Crippen MR) is 146 cm³/mol. The van der Waals surface area contributed by atoms with Gasteiger partial charge in [0.25, 0.3) is 0 Å². The Kier molecular flexibility index (Phi) is 10.1. The molecule has 0 radical (unpaired) electrons. The standard InChI is InChI=1S/C28H40N8O2/c1-4-13-34(14-5-2)15-6-7-17-38-28(37)24-20-36-19-23(8-9-26(36)32-24)18-35(21-25-29-10-11-30-25)22-27-31-12-16-33(27)3/h8-12,16,19-20H,4-7,13-15,17-18,21-22H2,1-3H3,(H,29,30). The lowest BCUT2D eigenvalue weighted by atomic mass is 10.2. The van der Waals surface area contributed by atoms with E-state index in [0.29, 0.717) is 31.9 Å². The van der Waals surface area contributed by atoms with Crippen molar-refractivity contribution < 1.29 is 9.53 Å². The van der Waals surface area contributed by atoms with Crippen LogP contribution >= 0.6 is 0 Å². The Bertz CT molecular complexity index is 1260. The van der Waals surface area contributed by atoms with Gasteiger partial charge < -0.3 is 23.6 Å². The fraction of sp³-hybridized carbons (Fsp3) is 0.500. The van der Waals surface area contributed by atoms with Gasteiger partial charge in [-0.05, 0) is 56.9 Å². The molecule has 10 nitrogen and oxygen atoms in total. The second-order valence-electron chi connectivity index (χ2n) is 9.75. The van der Waals surface area contributed by atoms with Crippen LogP contribution in [0, 0.1) is 0 Å². The van der Waals surface area contributed by atoms with E-state index >= 15 is 0 Å². The van der Waals surface area contributed by atoms with Gasteiger partial charge in [-0.2, -0.15) is 0 Å². The molecule has 4 rings (SSSR count). The van der Waals surface area contributed by atoms with Gasteiger partial charge in [0.05, 0.1) is 19.7 Å². The first-order valence-corrected chi connectivity index (χ1v) is 13.6. The van der Waals surface area contributed by atoms with Gasteiger partial charge in [-0.15, -0.1) is 0 Å². The molecule has 0 spiro atoms. The molecule has 0 saturated heterocycles. The summed E-state index contributed by atoms with van der Waals surface area (Å²) in [6.07, 6.45) is 15.3. The molecule has 0 amide bonds. The summed E-state index contributed by atoms with van der Waals surface area (Å²) in [4.78, 5) is 33.9. The Balaban J connectivity index is 1.34. The van der Waals surface area contributed by atoms with Crippen LogP contribution in [0.1, 0.15) is 67.2 Å². The lowest BCUT2D eigenvalue weighted by molar-refractivity contribution is 0.0489. The number of carbonyl (C=O) groups excluding carboxylic acids is 1. The van der Waals surface area contributed by atoms with E-state index < -0.39 is 0 Å². The highest BCUT2D eigenvalue weighted by Gasteiger charge is 2.15. The quantitative estimate of drug-likeness (QED) is 0.176. The summed E-state index contributed by atoms with van der Waals surface area (Å²) in [5.74, 6) is 1.51. The Labute approximate surface area is 224 Å². The van der Waals surface area contributed by atoms with E-state index in [0.717, 1.165) is 68.2 Å². The van der Waals surface area contributed by atoms with Gasteiger partial charge in [-0.1, -0.05) is 19.9 Å². The minimum atomic E-state index is -0.372. The van der Waals surface area contributed by atoms with E-state index in [1.54, 1.807) is 12.4 Å². The van der Waals surface area contributed by atoms with Gasteiger partial charge in [0, 0.05) is 50.8 Å². The van der Waals surface area contributed by atoms with Gasteiger partial charge in [0.2, 0.25) is 0 Å². The molecule has 4 aromatic rings. The molecule has 0 atom stereocenters. The summed E-state index contributed by atoms with van der Waals surface area (Å²) in [5, 5.41) is 0. The number of aromatic amines is 1. The van der Waals surface area contributed by atoms with Crippen LogP contribution in [0.4, 0.5) is 0 Å². The fourth-order valence-electron chi connectivity index (χ4n) is 4.64. The van der Waals surface area contributed by atoms with E-state index in [2.05, 4.69) is 43.6 Å². The SMILES string of the molecule is CCCN(CCC)CCCCOC(=O)c1cn2cc(CN(Cc3ncc[nH]3)Cc3nccn3C)ccc2n1. The van der Waals surface area contributed by atoms with Crippen LogP contribution in [0.2, 0.25) is 0 Å². The van der Waals surface area contributed by atoms with Crippen LogP contribution < -0.4 is 0 Å². The molecule has 38 heavy (non-hydrogen) atoms. The second-order valence-corrected chi connectivity index (χ2v) is 9.75. The monoisotopic (exact) mass is 520 g/mol. The zero-order valence-corrected chi connectivity index (χ0v) is 22.8. The number of unbranched alkanes of at least 4 members (excludes halogenated alkanes) is 1. The first kappa shape index (κ1) is 27.5. The summed E-state index contributed by atoms with van der Waals surface area (Å²) in [6, 6.07) is 3.98. The Morgan fingerprint density at radius 3 is 2.53 bits per heavy atom. The zero-order valence-electron chi connectivity index (χ0n) is 22.8. The molecule has 0 fully saturated rings. The summed E-state index contributed by atoms with van der Waals surface area (Å²) in [6.45, 7) is 10.2. The van der Waals surface area contributed by atoms with Gasteiger partial charge in [0.1, 0.15) is 17.3 Å². The van der Waals surface area contributed by atoms with Gasteiger partial charge in [-0.25, -0.2) is 19.7 Å². The van der Waals surface area contributed by atoms with Crippen LogP contribution in [0.5, 0.6) is 0 Å². The molecule has 0 saturated carbocycles. The largest absolute Gasteiger partial charge is 0.461 e. The maximum Gasteiger partial charge on any atom is 0.358 e. The van der Waals surface area contributed by atoms with Crippen molar-refractivity contribution in [2.45, 2.75) is 59.2 Å². The van der Waals surface area contributed by atoms with Gasteiger partial charge in [0.15, 0.2) is 5.69 Å². The Hall–Kier alpha value is -3.50. The van der Waals surface area contributed by atoms with Crippen molar-refractivity contribution in [3.05, 3.63) is 72.2 Å². The maximum atomic E-state index is 12.6. The number of hydrogen-bond acceptors (Lipinski definition) is 7. The number of hydrogen-bond donors (Lipinski definition) is 1. The third kappa shape index (κ3) is 7.75. The van der Waals surface area contributed by atoms with Crippen LogP contribution in [0.3, 0.4) is 0 Å². The van der Waals surface area contributed by atoms with E-state index in [9.17, 15) is 4.79 Å². The van der Waals surface area contributed by atoms with Crippen molar-refractivity contribution in [1.29, 1.82) is 0 Å². The summed E-state index contributed by atoms with van der Waals surface area (Å²) >= 11 is 0. The average molecular weight is 521 g/mol. The first-order chi connectivity index (χ1) is 18.6. The van der Waals surface area contributed by atoms with Crippen LogP contribution in [-0.2, 0) is 31.4 Å². The number of imidazole rings is 3. The molecule has 4 heterocycles. The average Bonchev–Trinajstić information content (AvgIpc) is 3.66. The number of pyridine rings is 1. The van der Waals surface area contributed by atoms with Gasteiger partial charge >= 0.3 is 5.97 Å². The number of aromatic nitrogens is 6. The summed E-state index contributed by atoms with van der Waals surface area (Å²) in [7, 11) is 2.00. The molecule has 1 N–H and O–H groups in total. The third-order valence-electron chi connectivity index (χ3n) is 6.52. The molecule has 4 aromatic heterocycles. The number of H-pyrrole nitrogens is 1. The second kappa shape index (κ2) is 13.9. The summed E-state index contributed by atoms with van der Waals surface area (Å²) < 4.78 is 9.44. The Morgan fingerprint density at radius 2 is 1.82 bits per heavy atom. The third-order valence-corrected chi connectivity index (χ3v) is 6.52. The molecule has 0 aliphatic heterocycles. The normalized spacial score (nSPS) is 11.7. The smallest absolute Gasteiger partial charge is 0.358 e. The topological polar surface area (TPSA) is 96.6 Å². The molecule has 0 bridgehead atoms. The van der Waals surface area contributed by atoms with E-state index in [4.69, 9.17) is 4.74 Å². The minimum Gasteiger partial charge on any atom is -0.461 e. The molecule has 10 heteroatoms. The van der Waals surface area contributed by atoms with Gasteiger partial charge in [-0.3, -0.25) is 4.90 Å². The van der Waals surface area contributed by atoms with Crippen molar-refractivity contribution >= 4 is 11.6 Å². The number of aryl methyl sites for hydroxylation is 1. The van der Waals surface area contributed by atoms with Crippen LogP contribution in [0.25, 0.3) is 5.65 Å². The van der Waals surface area contributed by atoms with Crippen molar-refractivity contribution in [2.75, 3.05) is 26.2 Å². The molecular weight excluding hydrogens is 480 g/mol.